The predicted octanol–water partition coefficient (Wildman–Crippen LogP) is 2.32. The summed E-state index contributed by atoms with van der Waals surface area (Å²) in [5.41, 5.74) is 5.68. The minimum Gasteiger partial charge on any atom is -0.381 e. The molecule has 20 heavy (non-hydrogen) atoms. The molecule has 4 heteroatoms. The maximum Gasteiger partial charge on any atom is 0.220 e. The summed E-state index contributed by atoms with van der Waals surface area (Å²) in [5.74, 6) is 1.30. The third kappa shape index (κ3) is 4.19. The Labute approximate surface area is 123 Å². The van der Waals surface area contributed by atoms with Gasteiger partial charge in [-0.15, -0.1) is 0 Å². The first kappa shape index (κ1) is 17.4. The Kier molecular flexibility index (Phi) is 6.46. The molecule has 1 aliphatic carbocycles. The van der Waals surface area contributed by atoms with Gasteiger partial charge < -0.3 is 15.8 Å². The smallest absolute Gasteiger partial charge is 0.220 e. The fraction of sp³-hybridized carbons (Fsp3) is 0.938. The topological polar surface area (TPSA) is 64.3 Å². The lowest BCUT2D eigenvalue weighted by Gasteiger charge is -2.51. The summed E-state index contributed by atoms with van der Waals surface area (Å²) in [7, 11) is 1.74. The molecule has 0 radical (unpaired) electrons. The van der Waals surface area contributed by atoms with Crippen molar-refractivity contribution in [3.8, 4) is 0 Å². The number of nitrogens with two attached hydrogens (primary N) is 1. The van der Waals surface area contributed by atoms with E-state index in [1.54, 1.807) is 7.11 Å². The standard InChI is InChI=1S/C16H32N2O2/c1-11(2)12(8-9-17)6-7-15(19)18-13-10-14(20-5)16(13,3)4/h11-14H,6-10,17H2,1-5H3,(H,18,19). The second-order valence-corrected chi connectivity index (χ2v) is 7.02. The van der Waals surface area contributed by atoms with Crippen LogP contribution in [-0.4, -0.2) is 31.7 Å². The van der Waals surface area contributed by atoms with E-state index in [1.165, 1.54) is 0 Å². The highest BCUT2D eigenvalue weighted by Gasteiger charge is 2.49. The lowest BCUT2D eigenvalue weighted by Crippen LogP contribution is -2.61. The number of methoxy groups -OCH3 is 1. The molecule has 118 valence electrons. The van der Waals surface area contributed by atoms with Crippen molar-refractivity contribution in [3.63, 3.8) is 0 Å². The molecule has 3 unspecified atom stereocenters. The highest BCUT2D eigenvalue weighted by Crippen LogP contribution is 2.42. The minimum atomic E-state index is 0.0408. The fourth-order valence-corrected chi connectivity index (χ4v) is 3.14. The number of rotatable bonds is 8. The van der Waals surface area contributed by atoms with Crippen molar-refractivity contribution < 1.29 is 9.53 Å². The molecule has 0 spiro atoms. The van der Waals surface area contributed by atoms with Gasteiger partial charge in [0.2, 0.25) is 5.91 Å². The van der Waals surface area contributed by atoms with E-state index < -0.39 is 0 Å². The van der Waals surface area contributed by atoms with E-state index in [1.807, 2.05) is 0 Å². The zero-order valence-corrected chi connectivity index (χ0v) is 13.7. The minimum absolute atomic E-state index is 0.0408. The number of ether oxygens (including phenoxy) is 1. The van der Waals surface area contributed by atoms with Crippen molar-refractivity contribution in [2.75, 3.05) is 13.7 Å². The van der Waals surface area contributed by atoms with Crippen LogP contribution in [0, 0.1) is 17.3 Å². The highest BCUT2D eigenvalue weighted by atomic mass is 16.5. The maximum absolute atomic E-state index is 12.1. The van der Waals surface area contributed by atoms with E-state index in [4.69, 9.17) is 10.5 Å². The Hall–Kier alpha value is -0.610. The fourth-order valence-electron chi connectivity index (χ4n) is 3.14. The second kappa shape index (κ2) is 7.41. The lowest BCUT2D eigenvalue weighted by molar-refractivity contribution is -0.133. The normalized spacial score (nSPS) is 26.1. The molecule has 1 rings (SSSR count). The Morgan fingerprint density at radius 2 is 2.05 bits per heavy atom. The first-order chi connectivity index (χ1) is 9.32. The number of hydrogen-bond donors (Lipinski definition) is 2. The number of hydrogen-bond acceptors (Lipinski definition) is 3. The van der Waals surface area contributed by atoms with Crippen LogP contribution in [0.5, 0.6) is 0 Å². The monoisotopic (exact) mass is 284 g/mol. The van der Waals surface area contributed by atoms with Gasteiger partial charge >= 0.3 is 0 Å². The SMILES string of the molecule is COC1CC(NC(=O)CCC(CCN)C(C)C)C1(C)C. The molecular formula is C16H32N2O2. The molecule has 0 aromatic carbocycles. The van der Waals surface area contributed by atoms with Crippen LogP contribution >= 0.6 is 0 Å². The Morgan fingerprint density at radius 1 is 1.40 bits per heavy atom. The van der Waals surface area contributed by atoms with Crippen LogP contribution < -0.4 is 11.1 Å². The van der Waals surface area contributed by atoms with Crippen LogP contribution in [0.2, 0.25) is 0 Å². The van der Waals surface area contributed by atoms with E-state index in [9.17, 15) is 4.79 Å². The first-order valence-electron chi connectivity index (χ1n) is 7.85. The van der Waals surface area contributed by atoms with Crippen LogP contribution in [0.25, 0.3) is 0 Å². The summed E-state index contributed by atoms with van der Waals surface area (Å²) in [6, 6.07) is 0.243. The van der Waals surface area contributed by atoms with Gasteiger partial charge in [-0.05, 0) is 37.6 Å². The number of carbonyl (C=O) groups excluding carboxylic acids is 1. The molecule has 1 amide bonds. The van der Waals surface area contributed by atoms with Gasteiger partial charge in [-0.3, -0.25) is 4.79 Å². The first-order valence-corrected chi connectivity index (χ1v) is 7.85. The zero-order valence-electron chi connectivity index (χ0n) is 13.7. The van der Waals surface area contributed by atoms with Gasteiger partial charge in [0.1, 0.15) is 0 Å². The van der Waals surface area contributed by atoms with Crippen LogP contribution in [0.4, 0.5) is 0 Å². The van der Waals surface area contributed by atoms with Gasteiger partial charge in [-0.1, -0.05) is 27.7 Å². The average Bonchev–Trinajstić information content (AvgIpc) is 2.38. The molecule has 0 aliphatic heterocycles. The quantitative estimate of drug-likeness (QED) is 0.719. The van der Waals surface area contributed by atoms with Crippen LogP contribution in [0.1, 0.15) is 53.4 Å². The molecule has 0 bridgehead atoms. The summed E-state index contributed by atoms with van der Waals surface area (Å²) in [5, 5.41) is 3.16. The third-order valence-corrected chi connectivity index (χ3v) is 5.02. The molecule has 4 nitrogen and oxygen atoms in total. The Bertz CT molecular complexity index is 316. The number of nitrogens with one attached hydrogen (secondary N) is 1. The molecule has 3 atom stereocenters. The van der Waals surface area contributed by atoms with Crippen molar-refractivity contribution in [1.29, 1.82) is 0 Å². The van der Waals surface area contributed by atoms with Crippen molar-refractivity contribution in [2.24, 2.45) is 23.0 Å². The van der Waals surface area contributed by atoms with Crippen LogP contribution in [0.3, 0.4) is 0 Å². The molecule has 0 saturated heterocycles. The molecule has 0 heterocycles. The Morgan fingerprint density at radius 3 is 2.50 bits per heavy atom. The molecule has 1 fully saturated rings. The van der Waals surface area contributed by atoms with Crippen molar-refractivity contribution in [3.05, 3.63) is 0 Å². The molecular weight excluding hydrogens is 252 g/mol. The molecule has 1 aliphatic rings. The largest absolute Gasteiger partial charge is 0.381 e. The maximum atomic E-state index is 12.1. The van der Waals surface area contributed by atoms with Gasteiger partial charge in [0, 0.05) is 25.0 Å². The second-order valence-electron chi connectivity index (χ2n) is 7.02. The van der Waals surface area contributed by atoms with Crippen molar-refractivity contribution >= 4 is 5.91 Å². The third-order valence-electron chi connectivity index (χ3n) is 5.02. The average molecular weight is 284 g/mol. The summed E-state index contributed by atoms with van der Waals surface area (Å²) < 4.78 is 5.41. The van der Waals surface area contributed by atoms with Crippen LogP contribution in [-0.2, 0) is 9.53 Å². The van der Waals surface area contributed by atoms with Crippen molar-refractivity contribution in [1.82, 2.24) is 5.32 Å². The number of amides is 1. The van der Waals surface area contributed by atoms with Gasteiger partial charge in [0.05, 0.1) is 6.10 Å². The lowest BCUT2D eigenvalue weighted by atomic mass is 9.64. The zero-order chi connectivity index (χ0) is 15.3. The summed E-state index contributed by atoms with van der Waals surface area (Å²) >= 11 is 0. The summed E-state index contributed by atoms with van der Waals surface area (Å²) in [4.78, 5) is 12.1. The summed E-state index contributed by atoms with van der Waals surface area (Å²) in [6.45, 7) is 9.42. The summed E-state index contributed by atoms with van der Waals surface area (Å²) in [6.07, 6.45) is 3.72. The molecule has 1 saturated carbocycles. The number of carbonyl (C=O) groups is 1. The van der Waals surface area contributed by atoms with Gasteiger partial charge in [0.15, 0.2) is 0 Å². The van der Waals surface area contributed by atoms with E-state index in [0.717, 1.165) is 19.3 Å². The van der Waals surface area contributed by atoms with E-state index in [2.05, 4.69) is 33.0 Å². The van der Waals surface area contributed by atoms with E-state index in [0.29, 0.717) is 24.8 Å². The van der Waals surface area contributed by atoms with Gasteiger partial charge in [0.25, 0.3) is 0 Å². The molecule has 0 aromatic heterocycles. The molecule has 0 aromatic rings. The molecule has 3 N–H and O–H groups in total. The Balaban J connectivity index is 2.34. The highest BCUT2D eigenvalue weighted by molar-refractivity contribution is 5.76. The van der Waals surface area contributed by atoms with Gasteiger partial charge in [-0.2, -0.15) is 0 Å². The van der Waals surface area contributed by atoms with E-state index in [-0.39, 0.29) is 23.5 Å². The van der Waals surface area contributed by atoms with Crippen LogP contribution in [0.15, 0.2) is 0 Å². The van der Waals surface area contributed by atoms with E-state index >= 15 is 0 Å². The van der Waals surface area contributed by atoms with Crippen molar-refractivity contribution in [2.45, 2.75) is 65.5 Å². The predicted molar refractivity (Wildman–Crippen MR) is 82.4 cm³/mol. The van der Waals surface area contributed by atoms with Gasteiger partial charge in [-0.25, -0.2) is 0 Å².